The average molecular weight is 138 g/mol. The minimum Gasteiger partial charge on any atom is -0.369 e. The Labute approximate surface area is 61.8 Å². The first kappa shape index (κ1) is 5.59. The van der Waals surface area contributed by atoms with Crippen LogP contribution in [0.1, 0.15) is 26.7 Å². The average Bonchev–Trinajstić information content (AvgIpc) is 2.46. The zero-order chi connectivity index (χ0) is 6.93. The van der Waals surface area contributed by atoms with Crippen molar-refractivity contribution < 1.29 is 4.74 Å². The van der Waals surface area contributed by atoms with Gasteiger partial charge in [-0.2, -0.15) is 0 Å². The third kappa shape index (κ3) is 0.460. The molecule has 10 heavy (non-hydrogen) atoms. The summed E-state index contributed by atoms with van der Waals surface area (Å²) in [5, 5.41) is 0. The molecule has 0 aromatic heterocycles. The number of ether oxygens (including phenoxy) is 1. The first-order valence-electron chi connectivity index (χ1n) is 4.34. The van der Waals surface area contributed by atoms with E-state index in [0.717, 1.165) is 11.8 Å². The molecule has 3 rings (SSSR count). The number of hydrogen-bond acceptors (Lipinski definition) is 1. The van der Waals surface area contributed by atoms with Crippen LogP contribution in [-0.4, -0.2) is 12.2 Å². The van der Waals surface area contributed by atoms with Crippen molar-refractivity contribution in [3.63, 3.8) is 0 Å². The fourth-order valence-electron chi connectivity index (χ4n) is 3.22. The van der Waals surface area contributed by atoms with Crippen molar-refractivity contribution in [3.05, 3.63) is 0 Å². The van der Waals surface area contributed by atoms with E-state index in [-0.39, 0.29) is 0 Å². The van der Waals surface area contributed by atoms with Gasteiger partial charge in [-0.25, -0.2) is 0 Å². The molecule has 2 aliphatic carbocycles. The van der Waals surface area contributed by atoms with Crippen LogP contribution >= 0.6 is 0 Å². The maximum absolute atomic E-state index is 5.58. The molecule has 2 saturated carbocycles. The molecular formula is C9H14O. The Kier molecular flexibility index (Phi) is 0.722. The second-order valence-corrected chi connectivity index (χ2v) is 4.86. The van der Waals surface area contributed by atoms with Gasteiger partial charge in [0.2, 0.25) is 0 Å². The van der Waals surface area contributed by atoms with Crippen molar-refractivity contribution in [2.75, 3.05) is 0 Å². The molecule has 3 fully saturated rings. The molecule has 0 aromatic carbocycles. The van der Waals surface area contributed by atoms with Gasteiger partial charge in [0.25, 0.3) is 0 Å². The summed E-state index contributed by atoms with van der Waals surface area (Å²) in [6.07, 6.45) is 4.27. The SMILES string of the molecule is CC1(C)C[C@H]2C[C@@H]1C1OC12. The van der Waals surface area contributed by atoms with Gasteiger partial charge in [0.15, 0.2) is 0 Å². The summed E-state index contributed by atoms with van der Waals surface area (Å²) in [7, 11) is 0. The summed E-state index contributed by atoms with van der Waals surface area (Å²) in [5.41, 5.74) is 0.600. The standard InChI is InChI=1S/C9H14O/c1-9(2)4-5-3-6(9)8-7(5)10-8/h5-8H,3-4H2,1-2H3/t5-,6-,7?,8?/m1/s1. The number of fused-ring (bicyclic) bond motifs is 5. The lowest BCUT2D eigenvalue weighted by molar-refractivity contribution is 0.202. The summed E-state index contributed by atoms with van der Waals surface area (Å²) < 4.78 is 5.58. The molecule has 1 nitrogen and oxygen atoms in total. The Morgan fingerprint density at radius 2 is 2.10 bits per heavy atom. The molecular weight excluding hydrogens is 124 g/mol. The second-order valence-electron chi connectivity index (χ2n) is 4.86. The number of rotatable bonds is 0. The highest BCUT2D eigenvalue weighted by molar-refractivity contribution is 5.13. The van der Waals surface area contributed by atoms with Crippen LogP contribution in [0.4, 0.5) is 0 Å². The first-order valence-corrected chi connectivity index (χ1v) is 4.34. The lowest BCUT2D eigenvalue weighted by Crippen LogP contribution is -2.25. The molecule has 2 bridgehead atoms. The van der Waals surface area contributed by atoms with Gasteiger partial charge in [-0.3, -0.25) is 0 Å². The lowest BCUT2D eigenvalue weighted by Gasteiger charge is -2.26. The Balaban J connectivity index is 1.98. The highest BCUT2D eigenvalue weighted by atomic mass is 16.6. The smallest absolute Gasteiger partial charge is 0.0878 e. The molecule has 1 heteroatoms. The van der Waals surface area contributed by atoms with Gasteiger partial charge in [-0.15, -0.1) is 0 Å². The second kappa shape index (κ2) is 1.29. The van der Waals surface area contributed by atoms with Gasteiger partial charge in [-0.05, 0) is 30.1 Å². The van der Waals surface area contributed by atoms with Gasteiger partial charge in [0.1, 0.15) is 0 Å². The minimum absolute atomic E-state index is 0.600. The maximum Gasteiger partial charge on any atom is 0.0878 e. The van der Waals surface area contributed by atoms with Crippen molar-refractivity contribution in [2.45, 2.75) is 38.9 Å². The van der Waals surface area contributed by atoms with Crippen LogP contribution in [0.15, 0.2) is 0 Å². The molecule has 1 heterocycles. The van der Waals surface area contributed by atoms with Crippen LogP contribution in [0, 0.1) is 17.3 Å². The molecule has 2 unspecified atom stereocenters. The van der Waals surface area contributed by atoms with Crippen molar-refractivity contribution >= 4 is 0 Å². The van der Waals surface area contributed by atoms with Gasteiger partial charge in [-0.1, -0.05) is 13.8 Å². The van der Waals surface area contributed by atoms with E-state index in [1.165, 1.54) is 12.8 Å². The first-order chi connectivity index (χ1) is 4.68. The highest BCUT2D eigenvalue weighted by Gasteiger charge is 2.65. The third-order valence-corrected chi connectivity index (χ3v) is 3.77. The van der Waals surface area contributed by atoms with E-state index in [1.807, 2.05) is 0 Å². The zero-order valence-corrected chi connectivity index (χ0v) is 6.63. The molecule has 0 amide bonds. The van der Waals surface area contributed by atoms with Gasteiger partial charge in [0.05, 0.1) is 12.2 Å². The lowest BCUT2D eigenvalue weighted by atomic mass is 9.77. The van der Waals surface area contributed by atoms with Gasteiger partial charge < -0.3 is 4.74 Å². The molecule has 1 aliphatic heterocycles. The van der Waals surface area contributed by atoms with Crippen LogP contribution in [0.2, 0.25) is 0 Å². The van der Waals surface area contributed by atoms with Crippen molar-refractivity contribution in [3.8, 4) is 0 Å². The molecule has 3 aliphatic rings. The predicted molar refractivity (Wildman–Crippen MR) is 38.7 cm³/mol. The van der Waals surface area contributed by atoms with E-state index in [9.17, 15) is 0 Å². The van der Waals surface area contributed by atoms with Gasteiger partial charge >= 0.3 is 0 Å². The summed E-state index contributed by atoms with van der Waals surface area (Å²) in [6, 6.07) is 0. The molecule has 56 valence electrons. The predicted octanol–water partition coefficient (Wildman–Crippen LogP) is 1.82. The number of hydrogen-bond donors (Lipinski definition) is 0. The van der Waals surface area contributed by atoms with Crippen LogP contribution in [0.3, 0.4) is 0 Å². The van der Waals surface area contributed by atoms with Crippen molar-refractivity contribution in [1.82, 2.24) is 0 Å². The van der Waals surface area contributed by atoms with E-state index in [1.54, 1.807) is 0 Å². The summed E-state index contributed by atoms with van der Waals surface area (Å²) in [5.74, 6) is 1.84. The van der Waals surface area contributed by atoms with E-state index < -0.39 is 0 Å². The molecule has 0 aromatic rings. The largest absolute Gasteiger partial charge is 0.369 e. The van der Waals surface area contributed by atoms with Crippen LogP contribution in [-0.2, 0) is 4.74 Å². The highest BCUT2D eigenvalue weighted by Crippen LogP contribution is 2.63. The fraction of sp³-hybridized carbons (Fsp3) is 1.00. The molecule has 1 saturated heterocycles. The van der Waals surface area contributed by atoms with E-state index in [4.69, 9.17) is 4.74 Å². The fourth-order valence-corrected chi connectivity index (χ4v) is 3.22. The van der Waals surface area contributed by atoms with E-state index in [2.05, 4.69) is 13.8 Å². The molecule has 4 atom stereocenters. The number of epoxide rings is 1. The summed E-state index contributed by atoms with van der Waals surface area (Å²) >= 11 is 0. The van der Waals surface area contributed by atoms with Gasteiger partial charge in [0, 0.05) is 0 Å². The van der Waals surface area contributed by atoms with Crippen LogP contribution in [0.5, 0.6) is 0 Å². The van der Waals surface area contributed by atoms with Crippen molar-refractivity contribution in [1.29, 1.82) is 0 Å². The van der Waals surface area contributed by atoms with Crippen LogP contribution < -0.4 is 0 Å². The van der Waals surface area contributed by atoms with Crippen molar-refractivity contribution in [2.24, 2.45) is 17.3 Å². The van der Waals surface area contributed by atoms with E-state index >= 15 is 0 Å². The quantitative estimate of drug-likeness (QED) is 0.465. The zero-order valence-electron chi connectivity index (χ0n) is 6.63. The van der Waals surface area contributed by atoms with E-state index in [0.29, 0.717) is 17.6 Å². The normalized spacial score (nSPS) is 60.6. The Morgan fingerprint density at radius 1 is 1.30 bits per heavy atom. The van der Waals surface area contributed by atoms with Crippen LogP contribution in [0.25, 0.3) is 0 Å². The Bertz CT molecular complexity index is 185. The molecule has 0 spiro atoms. The minimum atomic E-state index is 0.600. The maximum atomic E-state index is 5.58. The summed E-state index contributed by atoms with van der Waals surface area (Å²) in [6.45, 7) is 4.80. The summed E-state index contributed by atoms with van der Waals surface area (Å²) in [4.78, 5) is 0. The topological polar surface area (TPSA) is 12.5 Å². The third-order valence-electron chi connectivity index (χ3n) is 3.77. The molecule has 0 radical (unpaired) electrons. The monoisotopic (exact) mass is 138 g/mol. The Hall–Kier alpha value is -0.0400. The Morgan fingerprint density at radius 3 is 2.60 bits per heavy atom. The molecule has 0 N–H and O–H groups in total.